The molecule has 1 atom stereocenters. The van der Waals surface area contributed by atoms with Crippen molar-refractivity contribution in [1.82, 2.24) is 0 Å². The zero-order valence-corrected chi connectivity index (χ0v) is 13.5. The van der Waals surface area contributed by atoms with Crippen molar-refractivity contribution in [3.05, 3.63) is 59.7 Å². The topological polar surface area (TPSA) is 87.1 Å². The first kappa shape index (κ1) is 16.6. The number of hydrogen-bond acceptors (Lipinski definition) is 4. The predicted molar refractivity (Wildman–Crippen MR) is 92.7 cm³/mol. The number of hydrogen-bond donors (Lipinski definition) is 2. The maximum atomic E-state index is 12.6. The van der Waals surface area contributed by atoms with Crippen LogP contribution in [0.2, 0.25) is 0 Å². The lowest BCUT2D eigenvalue weighted by atomic mass is 10.1. The number of carbonyl (C=O) groups excluding carboxylic acids is 1. The molecule has 3 rings (SSSR count). The van der Waals surface area contributed by atoms with Gasteiger partial charge in [0.25, 0.3) is 5.91 Å². The molecule has 0 unspecified atom stereocenters. The van der Waals surface area contributed by atoms with Gasteiger partial charge < -0.3 is 14.9 Å². The Morgan fingerprint density at radius 1 is 1.24 bits per heavy atom. The summed E-state index contributed by atoms with van der Waals surface area (Å²) in [5.74, 6) is -1.15. The maximum Gasteiger partial charge on any atom is 0.327 e. The van der Waals surface area contributed by atoms with Gasteiger partial charge in [0.1, 0.15) is 6.04 Å². The average Bonchev–Trinajstić information content (AvgIpc) is 3.00. The molecule has 1 aliphatic rings. The van der Waals surface area contributed by atoms with Crippen molar-refractivity contribution in [2.45, 2.75) is 12.5 Å². The molecule has 0 saturated heterocycles. The largest absolute Gasteiger partial charge is 0.504 e. The Hall–Kier alpha value is -3.28. The summed E-state index contributed by atoms with van der Waals surface area (Å²) in [6.45, 7) is 0. The standard InChI is InChI=1S/C19H17NO5/c1-25-17-10-12(6-8-16(17)21)7-9-18(22)20-14-5-3-2-4-13(14)11-15(20)19(23)24/h2-10,15,21H,11H2,1H3,(H,23,24)/b9-7+/t15-/m0/s1. The lowest BCUT2D eigenvalue weighted by Crippen LogP contribution is -2.42. The smallest absolute Gasteiger partial charge is 0.327 e. The highest BCUT2D eigenvalue weighted by Gasteiger charge is 2.37. The molecular formula is C19H17NO5. The summed E-state index contributed by atoms with van der Waals surface area (Å²) >= 11 is 0. The molecule has 25 heavy (non-hydrogen) atoms. The van der Waals surface area contributed by atoms with E-state index in [2.05, 4.69) is 0 Å². The van der Waals surface area contributed by atoms with Crippen LogP contribution in [0.25, 0.3) is 6.08 Å². The summed E-state index contributed by atoms with van der Waals surface area (Å²) in [6.07, 6.45) is 3.17. The zero-order chi connectivity index (χ0) is 18.0. The minimum Gasteiger partial charge on any atom is -0.504 e. The maximum absolute atomic E-state index is 12.6. The van der Waals surface area contributed by atoms with Crippen LogP contribution in [0.15, 0.2) is 48.5 Å². The Morgan fingerprint density at radius 3 is 2.72 bits per heavy atom. The second kappa shape index (κ2) is 6.68. The van der Waals surface area contributed by atoms with E-state index in [-0.39, 0.29) is 12.2 Å². The van der Waals surface area contributed by atoms with E-state index in [1.807, 2.05) is 12.1 Å². The van der Waals surface area contributed by atoms with Gasteiger partial charge in [0.2, 0.25) is 0 Å². The number of fused-ring (bicyclic) bond motifs is 1. The fourth-order valence-electron chi connectivity index (χ4n) is 2.90. The highest BCUT2D eigenvalue weighted by molar-refractivity contribution is 6.09. The molecule has 1 aliphatic heterocycles. The normalized spacial score (nSPS) is 16.0. The number of ether oxygens (including phenoxy) is 1. The molecular weight excluding hydrogens is 322 g/mol. The highest BCUT2D eigenvalue weighted by Crippen LogP contribution is 2.32. The monoisotopic (exact) mass is 339 g/mol. The van der Waals surface area contributed by atoms with Crippen LogP contribution in [0.4, 0.5) is 5.69 Å². The Morgan fingerprint density at radius 2 is 2.00 bits per heavy atom. The van der Waals surface area contributed by atoms with Crippen LogP contribution in [0.5, 0.6) is 11.5 Å². The molecule has 128 valence electrons. The first-order chi connectivity index (χ1) is 12.0. The molecule has 0 fully saturated rings. The van der Waals surface area contributed by atoms with Gasteiger partial charge in [-0.25, -0.2) is 4.79 Å². The van der Waals surface area contributed by atoms with Crippen molar-refractivity contribution >= 4 is 23.6 Å². The molecule has 6 nitrogen and oxygen atoms in total. The molecule has 0 radical (unpaired) electrons. The first-order valence-electron chi connectivity index (χ1n) is 7.70. The molecule has 1 heterocycles. The van der Waals surface area contributed by atoms with Gasteiger partial charge in [0, 0.05) is 18.2 Å². The van der Waals surface area contributed by atoms with Gasteiger partial charge in [-0.2, -0.15) is 0 Å². The summed E-state index contributed by atoms with van der Waals surface area (Å²) < 4.78 is 5.03. The first-order valence-corrected chi connectivity index (χ1v) is 7.70. The molecule has 0 aromatic heterocycles. The number of methoxy groups -OCH3 is 1. The summed E-state index contributed by atoms with van der Waals surface area (Å²) in [6, 6.07) is 10.9. The Labute approximate surface area is 144 Å². The summed E-state index contributed by atoms with van der Waals surface area (Å²) in [5, 5.41) is 19.0. The van der Waals surface area contributed by atoms with Gasteiger partial charge in [-0.15, -0.1) is 0 Å². The number of nitrogens with zero attached hydrogens (tertiary/aromatic N) is 1. The second-order valence-electron chi connectivity index (χ2n) is 5.66. The van der Waals surface area contributed by atoms with Crippen molar-refractivity contribution in [3.63, 3.8) is 0 Å². The number of aromatic hydroxyl groups is 1. The van der Waals surface area contributed by atoms with Crippen molar-refractivity contribution in [3.8, 4) is 11.5 Å². The van der Waals surface area contributed by atoms with Crippen molar-refractivity contribution in [1.29, 1.82) is 0 Å². The van der Waals surface area contributed by atoms with E-state index in [1.54, 1.807) is 30.3 Å². The number of rotatable bonds is 4. The second-order valence-corrected chi connectivity index (χ2v) is 5.66. The highest BCUT2D eigenvalue weighted by atomic mass is 16.5. The van der Waals surface area contributed by atoms with E-state index in [9.17, 15) is 19.8 Å². The summed E-state index contributed by atoms with van der Waals surface area (Å²) in [4.78, 5) is 25.4. The predicted octanol–water partition coefficient (Wildman–Crippen LogP) is 2.46. The van der Waals surface area contributed by atoms with Gasteiger partial charge in [-0.1, -0.05) is 24.3 Å². The third kappa shape index (κ3) is 3.19. The lowest BCUT2D eigenvalue weighted by Gasteiger charge is -2.21. The van der Waals surface area contributed by atoms with Gasteiger partial charge in [-0.05, 0) is 35.4 Å². The third-order valence-electron chi connectivity index (χ3n) is 4.12. The van der Waals surface area contributed by atoms with Gasteiger partial charge in [0.15, 0.2) is 11.5 Å². The SMILES string of the molecule is COc1cc(/C=C/C(=O)N2c3ccccc3C[C@H]2C(=O)O)ccc1O. The fourth-order valence-corrected chi connectivity index (χ4v) is 2.90. The van der Waals surface area contributed by atoms with Crippen LogP contribution < -0.4 is 9.64 Å². The molecule has 2 aromatic carbocycles. The van der Waals surface area contributed by atoms with Crippen molar-refractivity contribution in [2.24, 2.45) is 0 Å². The van der Waals surface area contributed by atoms with Crippen LogP contribution in [0, 0.1) is 0 Å². The minimum atomic E-state index is -1.04. The number of phenolic OH excluding ortho intramolecular Hbond substituents is 1. The number of carbonyl (C=O) groups is 2. The fraction of sp³-hybridized carbons (Fsp3) is 0.158. The lowest BCUT2D eigenvalue weighted by molar-refractivity contribution is -0.139. The van der Waals surface area contributed by atoms with Crippen LogP contribution in [0.3, 0.4) is 0 Å². The number of carboxylic acid groups (broad SMARTS) is 1. The van der Waals surface area contributed by atoms with Gasteiger partial charge in [0.05, 0.1) is 7.11 Å². The van der Waals surface area contributed by atoms with Crippen LogP contribution in [-0.4, -0.2) is 35.2 Å². The molecule has 2 N–H and O–H groups in total. The molecule has 0 spiro atoms. The van der Waals surface area contributed by atoms with Crippen LogP contribution >= 0.6 is 0 Å². The van der Waals surface area contributed by atoms with Crippen molar-refractivity contribution in [2.75, 3.05) is 12.0 Å². The average molecular weight is 339 g/mol. The number of phenols is 1. The number of amides is 1. The Balaban J connectivity index is 1.87. The molecule has 0 bridgehead atoms. The van der Waals surface area contributed by atoms with Crippen molar-refractivity contribution < 1.29 is 24.5 Å². The number of aliphatic carboxylic acids is 1. The molecule has 2 aromatic rings. The summed E-state index contributed by atoms with van der Waals surface area (Å²) in [7, 11) is 1.44. The minimum absolute atomic E-state index is 0.00499. The Bertz CT molecular complexity index is 859. The molecule has 1 amide bonds. The van der Waals surface area contributed by atoms with Gasteiger partial charge >= 0.3 is 5.97 Å². The van der Waals surface area contributed by atoms with Gasteiger partial charge in [-0.3, -0.25) is 9.69 Å². The van der Waals surface area contributed by atoms with Crippen LogP contribution in [0.1, 0.15) is 11.1 Å². The van der Waals surface area contributed by atoms with Crippen LogP contribution in [-0.2, 0) is 16.0 Å². The van der Waals surface area contributed by atoms with E-state index in [4.69, 9.17) is 4.74 Å². The van der Waals surface area contributed by atoms with E-state index >= 15 is 0 Å². The number of benzene rings is 2. The number of anilines is 1. The van der Waals surface area contributed by atoms with E-state index in [0.29, 0.717) is 17.0 Å². The quantitative estimate of drug-likeness (QED) is 0.836. The third-order valence-corrected chi connectivity index (χ3v) is 4.12. The molecule has 0 saturated carbocycles. The number of carboxylic acids is 1. The molecule has 0 aliphatic carbocycles. The molecule has 6 heteroatoms. The van der Waals surface area contributed by atoms with E-state index < -0.39 is 17.9 Å². The van der Waals surface area contributed by atoms with E-state index in [0.717, 1.165) is 5.56 Å². The summed E-state index contributed by atoms with van der Waals surface area (Å²) in [5.41, 5.74) is 2.11. The van der Waals surface area contributed by atoms with E-state index in [1.165, 1.54) is 24.2 Å². The number of para-hydroxylation sites is 1. The Kier molecular flexibility index (Phi) is 4.43. The zero-order valence-electron chi connectivity index (χ0n) is 13.5.